The summed E-state index contributed by atoms with van der Waals surface area (Å²) in [4.78, 5) is 9.09. The van der Waals surface area contributed by atoms with E-state index in [9.17, 15) is 0 Å². The second kappa shape index (κ2) is 11.1. The Bertz CT molecular complexity index is 558. The maximum absolute atomic E-state index is 6.50. The molecule has 0 radical (unpaired) electrons. The van der Waals surface area contributed by atoms with Gasteiger partial charge in [-0.1, -0.05) is 24.6 Å². The van der Waals surface area contributed by atoms with E-state index in [0.29, 0.717) is 12.6 Å². The van der Waals surface area contributed by atoms with Crippen molar-refractivity contribution in [2.75, 3.05) is 45.2 Å². The lowest BCUT2D eigenvalue weighted by Gasteiger charge is -2.35. The summed E-state index contributed by atoms with van der Waals surface area (Å²) in [6.07, 6.45) is 1.05. The van der Waals surface area contributed by atoms with Crippen LogP contribution >= 0.6 is 35.6 Å². The van der Waals surface area contributed by atoms with Gasteiger partial charge in [-0.05, 0) is 32.5 Å². The van der Waals surface area contributed by atoms with Crippen molar-refractivity contribution in [1.82, 2.24) is 15.5 Å². The Morgan fingerprint density at radius 1 is 1.28 bits per heavy atom. The molecular formula is C18H31ClIN5. The highest BCUT2D eigenvalue weighted by Crippen LogP contribution is 2.28. The number of nitrogens with one attached hydrogen (secondary N) is 2. The summed E-state index contributed by atoms with van der Waals surface area (Å²) < 4.78 is 0. The maximum Gasteiger partial charge on any atom is 0.191 e. The van der Waals surface area contributed by atoms with Gasteiger partial charge in [0.1, 0.15) is 0 Å². The first-order valence-electron chi connectivity index (χ1n) is 8.73. The molecule has 7 heteroatoms. The Balaban J connectivity index is 0.00000312. The van der Waals surface area contributed by atoms with Gasteiger partial charge in [-0.25, -0.2) is 0 Å². The van der Waals surface area contributed by atoms with Crippen molar-refractivity contribution in [3.05, 3.63) is 28.8 Å². The first-order valence-corrected chi connectivity index (χ1v) is 9.11. The summed E-state index contributed by atoms with van der Waals surface area (Å²) in [6.45, 7) is 9.20. The van der Waals surface area contributed by atoms with Gasteiger partial charge in [0.15, 0.2) is 5.96 Å². The molecule has 142 valence electrons. The van der Waals surface area contributed by atoms with Gasteiger partial charge in [-0.15, -0.1) is 24.0 Å². The van der Waals surface area contributed by atoms with Crippen LogP contribution in [-0.2, 0) is 6.54 Å². The van der Waals surface area contributed by atoms with Crippen molar-refractivity contribution in [2.45, 2.75) is 32.9 Å². The van der Waals surface area contributed by atoms with Crippen molar-refractivity contribution < 1.29 is 0 Å². The highest BCUT2D eigenvalue weighted by Gasteiger charge is 2.18. The zero-order chi connectivity index (χ0) is 17.5. The molecule has 2 N–H and O–H groups in total. The van der Waals surface area contributed by atoms with E-state index in [2.05, 4.69) is 52.4 Å². The molecule has 1 aliphatic heterocycles. The van der Waals surface area contributed by atoms with E-state index in [1.807, 2.05) is 12.1 Å². The molecule has 2 rings (SSSR count). The zero-order valence-corrected chi connectivity index (χ0v) is 18.8. The van der Waals surface area contributed by atoms with Crippen molar-refractivity contribution in [1.29, 1.82) is 0 Å². The average Bonchev–Trinajstić information content (AvgIpc) is 2.59. The lowest BCUT2D eigenvalue weighted by molar-refractivity contribution is 0.312. The molecule has 1 fully saturated rings. The van der Waals surface area contributed by atoms with Crippen LogP contribution in [0.25, 0.3) is 0 Å². The zero-order valence-electron chi connectivity index (χ0n) is 15.7. The molecule has 1 unspecified atom stereocenters. The van der Waals surface area contributed by atoms with Gasteiger partial charge in [0, 0.05) is 62.1 Å². The number of likely N-dealkylation sites (N-methyl/N-ethyl adjacent to an activating group) is 1. The van der Waals surface area contributed by atoms with Crippen molar-refractivity contribution in [2.24, 2.45) is 4.99 Å². The van der Waals surface area contributed by atoms with Crippen LogP contribution < -0.4 is 15.5 Å². The summed E-state index contributed by atoms with van der Waals surface area (Å²) >= 11 is 6.50. The van der Waals surface area contributed by atoms with Gasteiger partial charge in [0.25, 0.3) is 0 Å². The predicted molar refractivity (Wildman–Crippen MR) is 120 cm³/mol. The molecule has 1 aromatic rings. The molecule has 0 bridgehead atoms. The fourth-order valence-corrected chi connectivity index (χ4v) is 3.00. The molecular weight excluding hydrogens is 449 g/mol. The summed E-state index contributed by atoms with van der Waals surface area (Å²) in [7, 11) is 3.97. The summed E-state index contributed by atoms with van der Waals surface area (Å²) in [6, 6.07) is 6.55. The minimum absolute atomic E-state index is 0. The molecule has 1 saturated heterocycles. The number of nitrogens with zero attached hydrogens (tertiary/aromatic N) is 3. The van der Waals surface area contributed by atoms with Gasteiger partial charge in [-0.2, -0.15) is 0 Å². The van der Waals surface area contributed by atoms with Gasteiger partial charge in [-0.3, -0.25) is 4.99 Å². The molecule has 0 aromatic heterocycles. The van der Waals surface area contributed by atoms with Crippen LogP contribution in [0.15, 0.2) is 23.2 Å². The Morgan fingerprint density at radius 3 is 2.56 bits per heavy atom. The third-order valence-electron chi connectivity index (χ3n) is 4.59. The summed E-state index contributed by atoms with van der Waals surface area (Å²) in [5.41, 5.74) is 2.36. The maximum atomic E-state index is 6.50. The van der Waals surface area contributed by atoms with Crippen LogP contribution in [0.2, 0.25) is 5.02 Å². The smallest absolute Gasteiger partial charge is 0.191 e. The van der Waals surface area contributed by atoms with E-state index in [1.54, 1.807) is 7.05 Å². The lowest BCUT2D eigenvalue weighted by atomic mass is 10.1. The normalized spacial score (nSPS) is 17.0. The number of guanidine groups is 1. The Labute approximate surface area is 174 Å². The number of rotatable bonds is 5. The van der Waals surface area contributed by atoms with Crippen LogP contribution in [0.1, 0.15) is 25.8 Å². The first-order chi connectivity index (χ1) is 11.5. The third kappa shape index (κ3) is 6.49. The highest BCUT2D eigenvalue weighted by atomic mass is 127. The fourth-order valence-electron chi connectivity index (χ4n) is 2.77. The molecule has 1 heterocycles. The largest absolute Gasteiger partial charge is 0.369 e. The van der Waals surface area contributed by atoms with E-state index in [0.717, 1.165) is 49.1 Å². The van der Waals surface area contributed by atoms with Gasteiger partial charge in [0.2, 0.25) is 0 Å². The monoisotopic (exact) mass is 479 g/mol. The molecule has 1 aromatic carbocycles. The van der Waals surface area contributed by atoms with Crippen molar-refractivity contribution >= 4 is 47.2 Å². The number of benzene rings is 1. The number of aliphatic imine (C=N–C) groups is 1. The van der Waals surface area contributed by atoms with Crippen molar-refractivity contribution in [3.8, 4) is 0 Å². The van der Waals surface area contributed by atoms with Crippen LogP contribution in [0.4, 0.5) is 5.69 Å². The lowest BCUT2D eigenvalue weighted by Crippen LogP contribution is -2.45. The SMILES string of the molecule is CCC(C)NC(=NC)NCc1c(Cl)cccc1N1CCN(C)CC1.I. The van der Waals surface area contributed by atoms with Crippen LogP contribution in [0.5, 0.6) is 0 Å². The van der Waals surface area contributed by atoms with Crippen molar-refractivity contribution in [3.63, 3.8) is 0 Å². The third-order valence-corrected chi connectivity index (χ3v) is 4.94. The number of anilines is 1. The quantitative estimate of drug-likeness (QED) is 0.387. The summed E-state index contributed by atoms with van der Waals surface area (Å²) in [5, 5.41) is 7.59. The minimum atomic E-state index is 0. The van der Waals surface area contributed by atoms with Gasteiger partial charge < -0.3 is 20.4 Å². The van der Waals surface area contributed by atoms with E-state index < -0.39 is 0 Å². The molecule has 0 saturated carbocycles. The first kappa shape index (κ1) is 22.3. The Kier molecular flexibility index (Phi) is 9.89. The molecule has 5 nitrogen and oxygen atoms in total. The van der Waals surface area contributed by atoms with Gasteiger partial charge >= 0.3 is 0 Å². The minimum Gasteiger partial charge on any atom is -0.369 e. The van der Waals surface area contributed by atoms with Gasteiger partial charge in [0.05, 0.1) is 0 Å². The summed E-state index contributed by atoms with van der Waals surface area (Å²) in [5.74, 6) is 0.814. The molecule has 25 heavy (non-hydrogen) atoms. The molecule has 1 atom stereocenters. The van der Waals surface area contributed by atoms with E-state index in [-0.39, 0.29) is 24.0 Å². The van der Waals surface area contributed by atoms with E-state index in [4.69, 9.17) is 11.6 Å². The number of hydrogen-bond acceptors (Lipinski definition) is 3. The average molecular weight is 480 g/mol. The van der Waals surface area contributed by atoms with Crippen LogP contribution in [-0.4, -0.2) is 57.2 Å². The topological polar surface area (TPSA) is 42.9 Å². The Hall–Kier alpha value is -0.730. The number of halogens is 2. The van der Waals surface area contributed by atoms with E-state index in [1.165, 1.54) is 5.69 Å². The Morgan fingerprint density at radius 2 is 1.96 bits per heavy atom. The molecule has 0 aliphatic carbocycles. The van der Waals surface area contributed by atoms with Crippen LogP contribution in [0, 0.1) is 0 Å². The second-order valence-corrected chi connectivity index (χ2v) is 6.81. The highest BCUT2D eigenvalue weighted by molar-refractivity contribution is 14.0. The fraction of sp³-hybridized carbons (Fsp3) is 0.611. The molecule has 1 aliphatic rings. The second-order valence-electron chi connectivity index (χ2n) is 6.41. The molecule has 0 spiro atoms. The van der Waals surface area contributed by atoms with Crippen LogP contribution in [0.3, 0.4) is 0 Å². The predicted octanol–water partition coefficient (Wildman–Crippen LogP) is 3.17. The molecule has 0 amide bonds. The van der Waals surface area contributed by atoms with E-state index >= 15 is 0 Å². The number of piperazine rings is 1. The standard InChI is InChI=1S/C18H30ClN5.HI/c1-5-14(2)22-18(20-3)21-13-15-16(19)7-6-8-17(15)24-11-9-23(4)10-12-24;/h6-8,14H,5,9-13H2,1-4H3,(H2,20,21,22);1H. The number of hydrogen-bond donors (Lipinski definition) is 2.